The highest BCUT2D eigenvalue weighted by Crippen LogP contribution is 2.46. The van der Waals surface area contributed by atoms with Crippen LogP contribution in [0.15, 0.2) is 60.7 Å². The Morgan fingerprint density at radius 2 is 1.73 bits per heavy atom. The van der Waals surface area contributed by atoms with Gasteiger partial charge in [0, 0.05) is 51.8 Å². The van der Waals surface area contributed by atoms with Crippen LogP contribution >= 0.6 is 0 Å². The normalized spacial score (nSPS) is 16.6. The summed E-state index contributed by atoms with van der Waals surface area (Å²) in [6.07, 6.45) is 0.928. The summed E-state index contributed by atoms with van der Waals surface area (Å²) >= 11 is 0. The minimum Gasteiger partial charge on any atom is -0.478 e. The molecule has 1 spiro atoms. The van der Waals surface area contributed by atoms with E-state index >= 15 is 0 Å². The number of ether oxygens (including phenoxy) is 2. The zero-order chi connectivity index (χ0) is 29.1. The average molecular weight is 570 g/mol. The molecule has 2 aliphatic heterocycles. The number of alkyl halides is 1. The molecular formula is C30H30F3N3O5. The number of hydrogen-bond donors (Lipinski definition) is 1. The quantitative estimate of drug-likeness (QED) is 0.385. The van der Waals surface area contributed by atoms with E-state index in [1.807, 2.05) is 4.90 Å². The number of carboxylic acid groups (broad SMARTS) is 1. The molecule has 1 amide bonds. The van der Waals surface area contributed by atoms with Crippen molar-refractivity contribution in [2.24, 2.45) is 0 Å². The molecule has 0 aromatic heterocycles. The van der Waals surface area contributed by atoms with E-state index in [-0.39, 0.29) is 11.5 Å². The molecule has 0 unspecified atom stereocenters. The Kier molecular flexibility index (Phi) is 8.18. The van der Waals surface area contributed by atoms with Crippen LogP contribution in [-0.4, -0.2) is 67.8 Å². The van der Waals surface area contributed by atoms with Crippen molar-refractivity contribution in [1.29, 1.82) is 0 Å². The van der Waals surface area contributed by atoms with E-state index in [4.69, 9.17) is 9.47 Å². The Morgan fingerprint density at radius 3 is 2.37 bits per heavy atom. The Morgan fingerprint density at radius 1 is 1.00 bits per heavy atom. The Labute approximate surface area is 235 Å². The van der Waals surface area contributed by atoms with E-state index in [2.05, 4.69) is 4.90 Å². The first-order valence-electron chi connectivity index (χ1n) is 13.2. The summed E-state index contributed by atoms with van der Waals surface area (Å²) in [4.78, 5) is 31.9. The second kappa shape index (κ2) is 11.8. The van der Waals surface area contributed by atoms with Crippen LogP contribution in [0.4, 0.5) is 24.5 Å². The molecule has 216 valence electrons. The molecule has 1 saturated heterocycles. The first-order valence-corrected chi connectivity index (χ1v) is 13.2. The zero-order valence-electron chi connectivity index (χ0n) is 22.5. The fraction of sp³-hybridized carbons (Fsp3) is 0.333. The molecular weight excluding hydrogens is 539 g/mol. The zero-order valence-corrected chi connectivity index (χ0v) is 22.5. The smallest absolute Gasteiger partial charge is 0.335 e. The number of carbonyl (C=O) groups excluding carboxylic acids is 1. The van der Waals surface area contributed by atoms with Gasteiger partial charge >= 0.3 is 5.97 Å². The maximum absolute atomic E-state index is 14.2. The predicted octanol–water partition coefficient (Wildman–Crippen LogP) is 5.07. The summed E-state index contributed by atoms with van der Waals surface area (Å²) in [6, 6.07) is 14.9. The molecule has 0 radical (unpaired) electrons. The number of fused-ring (bicyclic) bond motifs is 1. The fourth-order valence-corrected chi connectivity index (χ4v) is 5.81. The van der Waals surface area contributed by atoms with E-state index in [0.717, 1.165) is 6.07 Å². The summed E-state index contributed by atoms with van der Waals surface area (Å²) in [5.41, 5.74) is 1.23. The first kappa shape index (κ1) is 28.4. The topological polar surface area (TPSA) is 82.5 Å². The van der Waals surface area contributed by atoms with Crippen molar-refractivity contribution in [2.45, 2.75) is 25.0 Å². The fourth-order valence-electron chi connectivity index (χ4n) is 5.81. The molecule has 3 aromatic rings. The lowest BCUT2D eigenvalue weighted by Crippen LogP contribution is -2.70. The number of rotatable bonds is 9. The lowest BCUT2D eigenvalue weighted by atomic mass is 9.86. The van der Waals surface area contributed by atoms with Crippen molar-refractivity contribution >= 4 is 23.3 Å². The second-order valence-corrected chi connectivity index (χ2v) is 10.1. The lowest BCUT2D eigenvalue weighted by molar-refractivity contribution is 0.0695. The van der Waals surface area contributed by atoms with E-state index in [0.29, 0.717) is 73.9 Å². The molecule has 8 nitrogen and oxygen atoms in total. The molecule has 3 aromatic carbocycles. The SMILES string of the molecule is COCCN1c2cc(C(=O)O)ccc2C(=O)N(c2ccc(OCF)cc2)C12CCN(Cc1ccc(F)c(F)c1)CC2. The van der Waals surface area contributed by atoms with E-state index < -0.39 is 30.1 Å². The van der Waals surface area contributed by atoms with Crippen LogP contribution in [-0.2, 0) is 11.3 Å². The Balaban J connectivity index is 1.56. The molecule has 1 fully saturated rings. The van der Waals surface area contributed by atoms with Crippen molar-refractivity contribution in [3.8, 4) is 5.75 Å². The van der Waals surface area contributed by atoms with Gasteiger partial charge in [-0.15, -0.1) is 0 Å². The van der Waals surface area contributed by atoms with Gasteiger partial charge in [-0.05, 0) is 60.2 Å². The predicted molar refractivity (Wildman–Crippen MR) is 146 cm³/mol. The summed E-state index contributed by atoms with van der Waals surface area (Å²) in [7, 11) is 1.57. The molecule has 5 rings (SSSR count). The number of piperidine rings is 1. The molecule has 2 aliphatic rings. The van der Waals surface area contributed by atoms with E-state index in [1.165, 1.54) is 24.3 Å². The summed E-state index contributed by atoms with van der Waals surface area (Å²) < 4.78 is 50.4. The third-order valence-corrected chi connectivity index (χ3v) is 7.77. The number of likely N-dealkylation sites (tertiary alicyclic amines) is 1. The van der Waals surface area contributed by atoms with Gasteiger partial charge in [-0.3, -0.25) is 14.6 Å². The van der Waals surface area contributed by atoms with Crippen molar-refractivity contribution < 1.29 is 37.3 Å². The second-order valence-electron chi connectivity index (χ2n) is 10.1. The molecule has 0 aliphatic carbocycles. The largest absolute Gasteiger partial charge is 0.478 e. The molecule has 1 N–H and O–H groups in total. The van der Waals surface area contributed by atoms with Crippen LogP contribution < -0.4 is 14.5 Å². The van der Waals surface area contributed by atoms with Gasteiger partial charge in [0.25, 0.3) is 5.91 Å². The summed E-state index contributed by atoms with van der Waals surface area (Å²) in [5.74, 6) is -2.89. The average Bonchev–Trinajstić information content (AvgIpc) is 2.97. The molecule has 0 bridgehead atoms. The van der Waals surface area contributed by atoms with Gasteiger partial charge in [0.15, 0.2) is 11.6 Å². The highest BCUT2D eigenvalue weighted by Gasteiger charge is 2.52. The minimum absolute atomic E-state index is 0.0612. The van der Waals surface area contributed by atoms with Crippen LogP contribution in [0, 0.1) is 11.6 Å². The number of anilines is 2. The molecule has 11 heteroatoms. The van der Waals surface area contributed by atoms with Gasteiger partial charge in [-0.2, -0.15) is 0 Å². The molecule has 0 atom stereocenters. The van der Waals surface area contributed by atoms with Gasteiger partial charge < -0.3 is 19.5 Å². The van der Waals surface area contributed by atoms with Crippen LogP contribution in [0.2, 0.25) is 0 Å². The van der Waals surface area contributed by atoms with Gasteiger partial charge in [-0.25, -0.2) is 18.0 Å². The number of methoxy groups -OCH3 is 1. The van der Waals surface area contributed by atoms with Crippen molar-refractivity contribution in [1.82, 2.24) is 4.90 Å². The van der Waals surface area contributed by atoms with Crippen LogP contribution in [0.5, 0.6) is 5.75 Å². The lowest BCUT2D eigenvalue weighted by Gasteiger charge is -2.58. The number of hydrogen-bond acceptors (Lipinski definition) is 6. The maximum Gasteiger partial charge on any atom is 0.335 e. The van der Waals surface area contributed by atoms with E-state index in [9.17, 15) is 27.9 Å². The highest BCUT2D eigenvalue weighted by atomic mass is 19.2. The molecule has 0 saturated carbocycles. The number of halogens is 3. The number of aromatic carboxylic acids is 1. The van der Waals surface area contributed by atoms with Crippen LogP contribution in [0.1, 0.15) is 39.1 Å². The van der Waals surface area contributed by atoms with Gasteiger partial charge in [0.1, 0.15) is 11.4 Å². The maximum atomic E-state index is 14.2. The Hall–Kier alpha value is -4.09. The van der Waals surface area contributed by atoms with Crippen molar-refractivity contribution in [3.05, 3.63) is 89.0 Å². The number of carbonyl (C=O) groups is 2. The van der Waals surface area contributed by atoms with Gasteiger partial charge in [0.2, 0.25) is 6.86 Å². The van der Waals surface area contributed by atoms with Crippen LogP contribution in [0.3, 0.4) is 0 Å². The number of amides is 1. The van der Waals surface area contributed by atoms with Crippen LogP contribution in [0.25, 0.3) is 0 Å². The summed E-state index contributed by atoms with van der Waals surface area (Å²) in [6.45, 7) is 1.15. The van der Waals surface area contributed by atoms with Crippen molar-refractivity contribution in [3.63, 3.8) is 0 Å². The van der Waals surface area contributed by atoms with Gasteiger partial charge in [-0.1, -0.05) is 6.07 Å². The standard InChI is InChI=1S/C30H30F3N3O5/c1-40-15-14-35-27-17-21(29(38)39)3-8-24(27)28(37)36(22-4-6-23(7-5-22)41-19-31)30(35)10-12-34(13-11-30)18-20-2-9-25(32)26(33)16-20/h2-9,16-17H,10-15,18-19H2,1H3,(H,38,39). The third kappa shape index (κ3) is 5.47. The molecule has 41 heavy (non-hydrogen) atoms. The Bertz CT molecular complexity index is 1430. The van der Waals surface area contributed by atoms with E-state index in [1.54, 1.807) is 42.3 Å². The third-order valence-electron chi connectivity index (χ3n) is 7.77. The highest BCUT2D eigenvalue weighted by molar-refractivity contribution is 6.13. The first-order chi connectivity index (χ1) is 19.8. The number of nitrogens with zero attached hydrogens (tertiary/aromatic N) is 3. The summed E-state index contributed by atoms with van der Waals surface area (Å²) in [5, 5.41) is 9.69. The van der Waals surface area contributed by atoms with Crippen molar-refractivity contribution in [2.75, 3.05) is 50.0 Å². The minimum atomic E-state index is -1.10. The monoisotopic (exact) mass is 569 g/mol. The number of carboxylic acids is 1. The molecule has 2 heterocycles. The number of benzene rings is 3. The van der Waals surface area contributed by atoms with Gasteiger partial charge in [0.05, 0.1) is 23.4 Å².